The van der Waals surface area contributed by atoms with Crippen LogP contribution in [0.1, 0.15) is 12.5 Å². The number of benzene rings is 1. The lowest BCUT2D eigenvalue weighted by Gasteiger charge is -1.98. The summed E-state index contributed by atoms with van der Waals surface area (Å²) in [5.41, 5.74) is 13.6. The molecule has 0 bridgehead atoms. The van der Waals surface area contributed by atoms with Crippen molar-refractivity contribution >= 4 is 17.5 Å². The minimum absolute atomic E-state index is 0.707. The Hall–Kier alpha value is -1.44. The highest BCUT2D eigenvalue weighted by Crippen LogP contribution is 2.14. The van der Waals surface area contributed by atoms with Gasteiger partial charge in [0.05, 0.1) is 0 Å². The molecule has 0 unspecified atom stereocenters. The molecule has 2 heteroatoms. The average Bonchev–Trinajstić information content (AvgIpc) is 1.85. The molecule has 1 aromatic rings. The Kier molecular flexibility index (Phi) is 2.16. The van der Waals surface area contributed by atoms with E-state index in [1.807, 2.05) is 31.2 Å². The van der Waals surface area contributed by atoms with Crippen LogP contribution in [0.25, 0.3) is 6.08 Å². The largest absolute Gasteiger partial charge is 0.399 e. The molecule has 1 rings (SSSR count). The van der Waals surface area contributed by atoms with Crippen molar-refractivity contribution in [1.82, 2.24) is 0 Å². The summed E-state index contributed by atoms with van der Waals surface area (Å²) in [7, 11) is 0. The number of rotatable bonds is 1. The van der Waals surface area contributed by atoms with Crippen molar-refractivity contribution in [3.8, 4) is 0 Å². The molecule has 0 aliphatic heterocycles. The Morgan fingerprint density at radius 3 is 2.09 bits per heavy atom. The van der Waals surface area contributed by atoms with E-state index in [0.29, 0.717) is 11.4 Å². The van der Waals surface area contributed by atoms with Crippen LogP contribution in [0.2, 0.25) is 0 Å². The highest BCUT2D eigenvalue weighted by molar-refractivity contribution is 5.62. The van der Waals surface area contributed by atoms with Gasteiger partial charge in [-0.3, -0.25) is 0 Å². The lowest BCUT2D eigenvalue weighted by Crippen LogP contribution is -1.90. The zero-order valence-corrected chi connectivity index (χ0v) is 6.54. The summed E-state index contributed by atoms with van der Waals surface area (Å²) in [5.74, 6) is 0. The highest BCUT2D eigenvalue weighted by atomic mass is 14.6. The molecule has 0 heterocycles. The quantitative estimate of drug-likeness (QED) is 0.597. The van der Waals surface area contributed by atoms with E-state index in [-0.39, 0.29) is 0 Å². The zero-order chi connectivity index (χ0) is 8.27. The van der Waals surface area contributed by atoms with E-state index in [0.717, 1.165) is 5.56 Å². The minimum atomic E-state index is 0.707. The van der Waals surface area contributed by atoms with Gasteiger partial charge >= 0.3 is 0 Å². The van der Waals surface area contributed by atoms with Crippen molar-refractivity contribution in [1.29, 1.82) is 0 Å². The predicted octanol–water partition coefficient (Wildman–Crippen LogP) is 1.88. The molecule has 0 saturated heterocycles. The third-order valence-corrected chi connectivity index (χ3v) is 1.36. The molecule has 0 amide bonds. The molecule has 0 radical (unpaired) electrons. The monoisotopic (exact) mass is 148 g/mol. The van der Waals surface area contributed by atoms with Crippen LogP contribution in [0.5, 0.6) is 0 Å². The van der Waals surface area contributed by atoms with Gasteiger partial charge in [-0.05, 0) is 30.7 Å². The van der Waals surface area contributed by atoms with E-state index in [2.05, 4.69) is 0 Å². The molecule has 0 fully saturated rings. The number of hydrogen-bond acceptors (Lipinski definition) is 2. The van der Waals surface area contributed by atoms with Crippen LogP contribution in [0.15, 0.2) is 24.3 Å². The van der Waals surface area contributed by atoms with Gasteiger partial charge in [-0.1, -0.05) is 12.2 Å². The first-order valence-corrected chi connectivity index (χ1v) is 3.51. The summed E-state index contributed by atoms with van der Waals surface area (Å²) in [6, 6.07) is 5.51. The van der Waals surface area contributed by atoms with Gasteiger partial charge in [0, 0.05) is 11.4 Å². The van der Waals surface area contributed by atoms with Crippen LogP contribution in [0.4, 0.5) is 11.4 Å². The fourth-order valence-corrected chi connectivity index (χ4v) is 0.991. The molecule has 11 heavy (non-hydrogen) atoms. The van der Waals surface area contributed by atoms with Gasteiger partial charge in [0.15, 0.2) is 0 Å². The first-order chi connectivity index (χ1) is 5.22. The van der Waals surface area contributed by atoms with Gasteiger partial charge < -0.3 is 11.5 Å². The highest BCUT2D eigenvalue weighted by Gasteiger charge is 1.91. The zero-order valence-electron chi connectivity index (χ0n) is 6.54. The summed E-state index contributed by atoms with van der Waals surface area (Å²) in [6.07, 6.45) is 3.92. The maximum atomic E-state index is 5.58. The van der Waals surface area contributed by atoms with Crippen molar-refractivity contribution in [2.75, 3.05) is 11.5 Å². The third-order valence-electron chi connectivity index (χ3n) is 1.36. The van der Waals surface area contributed by atoms with Gasteiger partial charge in [-0.15, -0.1) is 0 Å². The lowest BCUT2D eigenvalue weighted by molar-refractivity contribution is 1.62. The summed E-state index contributed by atoms with van der Waals surface area (Å²) in [4.78, 5) is 0. The van der Waals surface area contributed by atoms with Crippen molar-refractivity contribution in [3.05, 3.63) is 29.8 Å². The van der Waals surface area contributed by atoms with Crippen LogP contribution >= 0.6 is 0 Å². The Balaban J connectivity index is 3.08. The van der Waals surface area contributed by atoms with Crippen molar-refractivity contribution in [2.45, 2.75) is 6.92 Å². The number of allylic oxidation sites excluding steroid dienone is 1. The van der Waals surface area contributed by atoms with Crippen LogP contribution in [0, 0.1) is 0 Å². The number of hydrogen-bond donors (Lipinski definition) is 2. The minimum Gasteiger partial charge on any atom is -0.399 e. The first kappa shape index (κ1) is 7.66. The molecule has 0 aliphatic rings. The lowest BCUT2D eigenvalue weighted by atomic mass is 10.1. The van der Waals surface area contributed by atoms with E-state index in [9.17, 15) is 0 Å². The Morgan fingerprint density at radius 2 is 1.64 bits per heavy atom. The van der Waals surface area contributed by atoms with Gasteiger partial charge in [-0.25, -0.2) is 0 Å². The van der Waals surface area contributed by atoms with Gasteiger partial charge in [0.1, 0.15) is 0 Å². The second kappa shape index (κ2) is 3.10. The van der Waals surface area contributed by atoms with E-state index >= 15 is 0 Å². The fourth-order valence-electron chi connectivity index (χ4n) is 0.991. The van der Waals surface area contributed by atoms with Gasteiger partial charge in [-0.2, -0.15) is 0 Å². The van der Waals surface area contributed by atoms with Crippen LogP contribution in [0.3, 0.4) is 0 Å². The van der Waals surface area contributed by atoms with E-state index in [1.54, 1.807) is 6.07 Å². The molecule has 2 nitrogen and oxygen atoms in total. The molecule has 0 spiro atoms. The Labute approximate surface area is 66.5 Å². The molecule has 0 saturated carbocycles. The van der Waals surface area contributed by atoms with Gasteiger partial charge in [0.2, 0.25) is 0 Å². The Bertz CT molecular complexity index is 257. The van der Waals surface area contributed by atoms with Crippen molar-refractivity contribution in [3.63, 3.8) is 0 Å². The molecule has 58 valence electrons. The smallest absolute Gasteiger partial charge is 0.0340 e. The van der Waals surface area contributed by atoms with E-state index in [1.165, 1.54) is 0 Å². The number of nitrogen functional groups attached to an aromatic ring is 2. The third kappa shape index (κ3) is 2.00. The summed E-state index contributed by atoms with van der Waals surface area (Å²) < 4.78 is 0. The van der Waals surface area contributed by atoms with Crippen LogP contribution in [-0.4, -0.2) is 0 Å². The van der Waals surface area contributed by atoms with Crippen LogP contribution < -0.4 is 11.5 Å². The molecule has 0 atom stereocenters. The summed E-state index contributed by atoms with van der Waals surface area (Å²) >= 11 is 0. The van der Waals surface area contributed by atoms with Gasteiger partial charge in [0.25, 0.3) is 0 Å². The molecule has 1 aromatic carbocycles. The maximum absolute atomic E-state index is 5.58. The molecule has 4 N–H and O–H groups in total. The topological polar surface area (TPSA) is 52.0 Å². The average molecular weight is 148 g/mol. The second-order valence-corrected chi connectivity index (χ2v) is 2.43. The molecule has 0 aliphatic carbocycles. The summed E-state index contributed by atoms with van der Waals surface area (Å²) in [5, 5.41) is 0. The first-order valence-electron chi connectivity index (χ1n) is 3.51. The number of nitrogens with two attached hydrogens (primary N) is 2. The van der Waals surface area contributed by atoms with E-state index in [4.69, 9.17) is 11.5 Å². The second-order valence-electron chi connectivity index (χ2n) is 2.43. The number of anilines is 2. The summed E-state index contributed by atoms with van der Waals surface area (Å²) in [6.45, 7) is 1.96. The molecule has 0 aromatic heterocycles. The molecular weight excluding hydrogens is 136 g/mol. The maximum Gasteiger partial charge on any atom is 0.0340 e. The normalized spacial score (nSPS) is 10.6. The van der Waals surface area contributed by atoms with Crippen LogP contribution in [-0.2, 0) is 0 Å². The van der Waals surface area contributed by atoms with E-state index < -0.39 is 0 Å². The van der Waals surface area contributed by atoms with Crippen molar-refractivity contribution < 1.29 is 0 Å². The fraction of sp³-hybridized carbons (Fsp3) is 0.111. The standard InChI is InChI=1S/C9H12N2/c1-2-3-7-4-8(10)6-9(11)5-7/h2-6H,10-11H2,1H3/b3-2+. The molecular formula is C9H12N2. The SMILES string of the molecule is C/C=C/c1cc(N)cc(N)c1. The Morgan fingerprint density at radius 1 is 1.09 bits per heavy atom. The van der Waals surface area contributed by atoms with Crippen molar-refractivity contribution in [2.24, 2.45) is 0 Å². The predicted molar refractivity (Wildman–Crippen MR) is 50.0 cm³/mol.